The van der Waals surface area contributed by atoms with Crippen LogP contribution in [0.2, 0.25) is 0 Å². The molecule has 0 aliphatic rings. The number of halogens is 1. The topological polar surface area (TPSA) is 38.0 Å². The molecule has 0 saturated carbocycles. The van der Waals surface area contributed by atoms with Gasteiger partial charge in [-0.05, 0) is 67.6 Å². The fourth-order valence-corrected chi connectivity index (χ4v) is 2.94. The monoisotopic (exact) mass is 272 g/mol. The van der Waals surface area contributed by atoms with E-state index in [-0.39, 0.29) is 11.9 Å². The van der Waals surface area contributed by atoms with Crippen molar-refractivity contribution in [3.8, 4) is 0 Å². The van der Waals surface area contributed by atoms with Crippen LogP contribution in [0, 0.1) is 33.5 Å². The summed E-state index contributed by atoms with van der Waals surface area (Å²) in [6, 6.07) is 8.98. The fourth-order valence-electron chi connectivity index (χ4n) is 2.94. The van der Waals surface area contributed by atoms with E-state index in [0.717, 1.165) is 16.7 Å². The molecule has 0 aliphatic carbocycles. The zero-order valence-electron chi connectivity index (χ0n) is 12.4. The molecular formula is C17H21FN2. The minimum absolute atomic E-state index is 0.129. The third kappa shape index (κ3) is 2.74. The minimum Gasteiger partial charge on any atom is -0.271 e. The first kappa shape index (κ1) is 14.7. The van der Waals surface area contributed by atoms with Crippen molar-refractivity contribution in [2.24, 2.45) is 5.84 Å². The van der Waals surface area contributed by atoms with Crippen molar-refractivity contribution in [1.29, 1.82) is 0 Å². The van der Waals surface area contributed by atoms with Gasteiger partial charge in [-0.15, -0.1) is 0 Å². The van der Waals surface area contributed by atoms with E-state index in [1.165, 1.54) is 22.8 Å². The van der Waals surface area contributed by atoms with Gasteiger partial charge in [0.05, 0.1) is 6.04 Å². The molecule has 20 heavy (non-hydrogen) atoms. The van der Waals surface area contributed by atoms with Crippen LogP contribution < -0.4 is 11.3 Å². The summed E-state index contributed by atoms with van der Waals surface area (Å²) >= 11 is 0. The molecule has 0 aromatic heterocycles. The molecular weight excluding hydrogens is 251 g/mol. The van der Waals surface area contributed by atoms with Crippen LogP contribution in [0.5, 0.6) is 0 Å². The second kappa shape index (κ2) is 5.73. The summed E-state index contributed by atoms with van der Waals surface area (Å²) in [5, 5.41) is 0. The largest absolute Gasteiger partial charge is 0.271 e. The van der Waals surface area contributed by atoms with Crippen LogP contribution >= 0.6 is 0 Å². The van der Waals surface area contributed by atoms with Crippen molar-refractivity contribution in [3.63, 3.8) is 0 Å². The first-order chi connectivity index (χ1) is 9.43. The summed E-state index contributed by atoms with van der Waals surface area (Å²) in [7, 11) is 0. The zero-order chi connectivity index (χ0) is 14.9. The third-order valence-corrected chi connectivity index (χ3v) is 3.74. The number of hydrazine groups is 1. The van der Waals surface area contributed by atoms with Gasteiger partial charge < -0.3 is 0 Å². The summed E-state index contributed by atoms with van der Waals surface area (Å²) in [4.78, 5) is 0. The number of hydrogen-bond donors (Lipinski definition) is 2. The standard InChI is InChI=1S/C17H21FN2/c1-10-7-12(3)16(13(4)8-10)17(20-19)15-6-5-14(18)9-11(15)2/h5-9,17,20H,19H2,1-4H3. The molecule has 1 atom stereocenters. The van der Waals surface area contributed by atoms with Crippen molar-refractivity contribution < 1.29 is 4.39 Å². The molecule has 0 bridgehead atoms. The van der Waals surface area contributed by atoms with E-state index in [2.05, 4.69) is 38.3 Å². The van der Waals surface area contributed by atoms with Crippen molar-refractivity contribution in [2.45, 2.75) is 33.7 Å². The highest BCUT2D eigenvalue weighted by Crippen LogP contribution is 2.30. The molecule has 2 nitrogen and oxygen atoms in total. The molecule has 3 N–H and O–H groups in total. The molecule has 1 unspecified atom stereocenters. The first-order valence-electron chi connectivity index (χ1n) is 6.74. The van der Waals surface area contributed by atoms with Crippen LogP contribution in [0.4, 0.5) is 4.39 Å². The molecule has 3 heteroatoms. The molecule has 2 rings (SSSR count). The third-order valence-electron chi connectivity index (χ3n) is 3.74. The van der Waals surface area contributed by atoms with Gasteiger partial charge in [-0.2, -0.15) is 0 Å². The smallest absolute Gasteiger partial charge is 0.123 e. The summed E-state index contributed by atoms with van der Waals surface area (Å²) in [5.41, 5.74) is 9.54. The SMILES string of the molecule is Cc1cc(C)c(C(NN)c2ccc(F)cc2C)c(C)c1. The number of nitrogens with two attached hydrogens (primary N) is 1. The highest BCUT2D eigenvalue weighted by Gasteiger charge is 2.19. The summed E-state index contributed by atoms with van der Waals surface area (Å²) in [6.45, 7) is 8.15. The van der Waals surface area contributed by atoms with E-state index in [1.54, 1.807) is 12.1 Å². The lowest BCUT2D eigenvalue weighted by Crippen LogP contribution is -2.30. The Morgan fingerprint density at radius 3 is 2.05 bits per heavy atom. The molecule has 0 saturated heterocycles. The van der Waals surface area contributed by atoms with Crippen LogP contribution in [0.3, 0.4) is 0 Å². The van der Waals surface area contributed by atoms with Crippen molar-refractivity contribution in [2.75, 3.05) is 0 Å². The van der Waals surface area contributed by atoms with E-state index in [4.69, 9.17) is 5.84 Å². The maximum Gasteiger partial charge on any atom is 0.123 e. The Kier molecular flexibility index (Phi) is 4.21. The van der Waals surface area contributed by atoms with Crippen LogP contribution in [0.1, 0.15) is 39.4 Å². The lowest BCUT2D eigenvalue weighted by atomic mass is 9.88. The van der Waals surface area contributed by atoms with E-state index in [0.29, 0.717) is 0 Å². The Bertz CT molecular complexity index is 612. The van der Waals surface area contributed by atoms with E-state index in [9.17, 15) is 4.39 Å². The molecule has 0 fully saturated rings. The quantitative estimate of drug-likeness (QED) is 0.661. The normalized spacial score (nSPS) is 12.5. The van der Waals surface area contributed by atoms with Gasteiger partial charge in [-0.1, -0.05) is 23.8 Å². The average Bonchev–Trinajstić information content (AvgIpc) is 2.34. The molecule has 0 radical (unpaired) electrons. The Morgan fingerprint density at radius 1 is 0.950 bits per heavy atom. The van der Waals surface area contributed by atoms with Crippen LogP contribution in [0.25, 0.3) is 0 Å². The van der Waals surface area contributed by atoms with Crippen molar-refractivity contribution in [1.82, 2.24) is 5.43 Å². The van der Waals surface area contributed by atoms with Crippen molar-refractivity contribution >= 4 is 0 Å². The lowest BCUT2D eigenvalue weighted by Gasteiger charge is -2.23. The average molecular weight is 272 g/mol. The number of rotatable bonds is 3. The molecule has 0 heterocycles. The van der Waals surface area contributed by atoms with Crippen molar-refractivity contribution in [3.05, 3.63) is 69.5 Å². The Balaban J connectivity index is 2.58. The van der Waals surface area contributed by atoms with Gasteiger partial charge in [0.15, 0.2) is 0 Å². The molecule has 2 aromatic carbocycles. The molecule has 106 valence electrons. The predicted octanol–water partition coefficient (Wildman–Crippen LogP) is 3.61. The van der Waals surface area contributed by atoms with Gasteiger partial charge >= 0.3 is 0 Å². The van der Waals surface area contributed by atoms with Crippen LogP contribution in [0.15, 0.2) is 30.3 Å². The number of benzene rings is 2. The van der Waals surface area contributed by atoms with E-state index in [1.807, 2.05) is 6.92 Å². The zero-order valence-corrected chi connectivity index (χ0v) is 12.4. The van der Waals surface area contributed by atoms with Gasteiger partial charge in [0.25, 0.3) is 0 Å². The Hall–Kier alpha value is -1.71. The summed E-state index contributed by atoms with van der Waals surface area (Å²) in [6.07, 6.45) is 0. The molecule has 0 spiro atoms. The fraction of sp³-hybridized carbons (Fsp3) is 0.294. The summed E-state index contributed by atoms with van der Waals surface area (Å²) < 4.78 is 13.3. The van der Waals surface area contributed by atoms with Gasteiger partial charge in [0.1, 0.15) is 5.82 Å². The van der Waals surface area contributed by atoms with Gasteiger partial charge in [-0.25, -0.2) is 9.82 Å². The van der Waals surface area contributed by atoms with E-state index < -0.39 is 0 Å². The highest BCUT2D eigenvalue weighted by molar-refractivity contribution is 5.45. The molecule has 0 amide bonds. The van der Waals surface area contributed by atoms with Crippen LogP contribution in [-0.2, 0) is 0 Å². The van der Waals surface area contributed by atoms with Gasteiger partial charge in [0.2, 0.25) is 0 Å². The maximum atomic E-state index is 13.3. The highest BCUT2D eigenvalue weighted by atomic mass is 19.1. The number of hydrogen-bond acceptors (Lipinski definition) is 2. The van der Waals surface area contributed by atoms with Crippen LogP contribution in [-0.4, -0.2) is 0 Å². The number of nitrogens with one attached hydrogen (secondary N) is 1. The second-order valence-corrected chi connectivity index (χ2v) is 5.41. The van der Waals surface area contributed by atoms with E-state index >= 15 is 0 Å². The second-order valence-electron chi connectivity index (χ2n) is 5.41. The lowest BCUT2D eigenvalue weighted by molar-refractivity contribution is 0.609. The summed E-state index contributed by atoms with van der Waals surface area (Å²) in [5.74, 6) is 5.55. The van der Waals surface area contributed by atoms with Gasteiger partial charge in [-0.3, -0.25) is 5.84 Å². The Morgan fingerprint density at radius 2 is 1.55 bits per heavy atom. The first-order valence-corrected chi connectivity index (χ1v) is 6.74. The predicted molar refractivity (Wildman–Crippen MR) is 81.0 cm³/mol. The molecule has 0 aliphatic heterocycles. The number of aryl methyl sites for hydroxylation is 4. The maximum absolute atomic E-state index is 13.3. The van der Waals surface area contributed by atoms with Gasteiger partial charge in [0, 0.05) is 0 Å². The minimum atomic E-state index is -0.223. The molecule has 2 aromatic rings. The Labute approximate surface area is 119 Å².